The molecule has 0 fully saturated rings. The summed E-state index contributed by atoms with van der Waals surface area (Å²) >= 11 is 0. The molecule has 0 aliphatic carbocycles. The molecule has 0 aromatic heterocycles. The molecule has 7 heteroatoms. The molecule has 0 bridgehead atoms. The van der Waals surface area contributed by atoms with E-state index in [9.17, 15) is 9.18 Å². The second-order valence-electron chi connectivity index (χ2n) is 6.85. The molecule has 3 N–H and O–H groups in total. The maximum atomic E-state index is 13.2. The molecule has 0 saturated heterocycles. The summed E-state index contributed by atoms with van der Waals surface area (Å²) in [5, 5.41) is 9.10. The third kappa shape index (κ3) is 10.5. The summed E-state index contributed by atoms with van der Waals surface area (Å²) in [6.07, 6.45) is 1.00. The topological polar surface area (TPSA) is 74.8 Å². The Morgan fingerprint density at radius 1 is 1.19 bits per heavy atom. The summed E-state index contributed by atoms with van der Waals surface area (Å²) < 4.78 is 18.3. The molecule has 1 rings (SSSR count). The molecule has 0 radical (unpaired) electrons. The van der Waals surface area contributed by atoms with E-state index in [0.29, 0.717) is 38.4 Å². The SMILES string of the molecule is CCNC(=NCCCNC(=O)OC(C)(C)C)NCCc1cccc(F)c1. The van der Waals surface area contributed by atoms with Crippen LogP contribution in [0, 0.1) is 5.82 Å². The largest absolute Gasteiger partial charge is 0.444 e. The van der Waals surface area contributed by atoms with E-state index >= 15 is 0 Å². The van der Waals surface area contributed by atoms with E-state index in [-0.39, 0.29) is 5.82 Å². The lowest BCUT2D eigenvalue weighted by atomic mass is 10.1. The first-order chi connectivity index (χ1) is 12.3. The molecule has 0 unspecified atom stereocenters. The van der Waals surface area contributed by atoms with Crippen LogP contribution in [-0.2, 0) is 11.2 Å². The summed E-state index contributed by atoms with van der Waals surface area (Å²) in [6, 6.07) is 6.58. The lowest BCUT2D eigenvalue weighted by Gasteiger charge is -2.19. The highest BCUT2D eigenvalue weighted by Crippen LogP contribution is 2.06. The Kier molecular flexibility index (Phi) is 9.47. The van der Waals surface area contributed by atoms with E-state index in [1.54, 1.807) is 6.07 Å². The van der Waals surface area contributed by atoms with Gasteiger partial charge >= 0.3 is 6.09 Å². The predicted octanol–water partition coefficient (Wildman–Crippen LogP) is 2.84. The van der Waals surface area contributed by atoms with Gasteiger partial charge in [-0.15, -0.1) is 0 Å². The van der Waals surface area contributed by atoms with Crippen molar-refractivity contribution in [3.63, 3.8) is 0 Å². The summed E-state index contributed by atoms with van der Waals surface area (Å²) in [4.78, 5) is 16.0. The highest BCUT2D eigenvalue weighted by atomic mass is 19.1. The first-order valence-electron chi connectivity index (χ1n) is 9.03. The van der Waals surface area contributed by atoms with Crippen LogP contribution >= 0.6 is 0 Å². The molecule has 0 saturated carbocycles. The van der Waals surface area contributed by atoms with Gasteiger partial charge in [-0.25, -0.2) is 9.18 Å². The smallest absolute Gasteiger partial charge is 0.407 e. The van der Waals surface area contributed by atoms with Gasteiger partial charge in [0.15, 0.2) is 5.96 Å². The highest BCUT2D eigenvalue weighted by Gasteiger charge is 2.15. The van der Waals surface area contributed by atoms with Gasteiger partial charge in [0.2, 0.25) is 0 Å². The zero-order chi connectivity index (χ0) is 19.4. The number of amides is 1. The van der Waals surface area contributed by atoms with Crippen molar-refractivity contribution in [1.29, 1.82) is 0 Å². The number of halogens is 1. The van der Waals surface area contributed by atoms with Gasteiger partial charge in [-0.3, -0.25) is 4.99 Å². The Morgan fingerprint density at radius 3 is 2.62 bits per heavy atom. The van der Waals surface area contributed by atoms with Crippen LogP contribution in [0.25, 0.3) is 0 Å². The van der Waals surface area contributed by atoms with Crippen LogP contribution in [0.1, 0.15) is 39.7 Å². The van der Waals surface area contributed by atoms with Gasteiger partial charge in [0, 0.05) is 26.2 Å². The molecule has 0 atom stereocenters. The number of nitrogens with zero attached hydrogens (tertiary/aromatic N) is 1. The van der Waals surface area contributed by atoms with Gasteiger partial charge in [0.05, 0.1) is 0 Å². The van der Waals surface area contributed by atoms with Crippen LogP contribution in [0.5, 0.6) is 0 Å². The molecule has 0 spiro atoms. The molecule has 1 aromatic carbocycles. The minimum Gasteiger partial charge on any atom is -0.444 e. The number of carbonyl (C=O) groups excluding carboxylic acids is 1. The fourth-order valence-electron chi connectivity index (χ4n) is 2.13. The number of carbonyl (C=O) groups is 1. The van der Waals surface area contributed by atoms with Crippen molar-refractivity contribution in [2.45, 2.75) is 46.1 Å². The van der Waals surface area contributed by atoms with Crippen molar-refractivity contribution in [2.24, 2.45) is 4.99 Å². The van der Waals surface area contributed by atoms with E-state index in [2.05, 4.69) is 20.9 Å². The zero-order valence-corrected chi connectivity index (χ0v) is 16.2. The van der Waals surface area contributed by atoms with Gasteiger partial charge in [-0.2, -0.15) is 0 Å². The van der Waals surface area contributed by atoms with Crippen LogP contribution in [0.4, 0.5) is 9.18 Å². The molecular weight excluding hydrogens is 335 g/mol. The summed E-state index contributed by atoms with van der Waals surface area (Å²) in [5.41, 5.74) is 0.446. The van der Waals surface area contributed by atoms with Gasteiger partial charge in [0.25, 0.3) is 0 Å². The average molecular weight is 366 g/mol. The Labute approximate surface area is 155 Å². The fourth-order valence-corrected chi connectivity index (χ4v) is 2.13. The zero-order valence-electron chi connectivity index (χ0n) is 16.2. The van der Waals surface area contributed by atoms with Crippen LogP contribution in [0.3, 0.4) is 0 Å². The van der Waals surface area contributed by atoms with Gasteiger partial charge in [0.1, 0.15) is 11.4 Å². The van der Waals surface area contributed by atoms with E-state index in [1.165, 1.54) is 12.1 Å². The number of hydrogen-bond donors (Lipinski definition) is 3. The fraction of sp³-hybridized carbons (Fsp3) is 0.579. The number of alkyl carbamates (subject to hydrolysis) is 1. The number of benzene rings is 1. The predicted molar refractivity (Wildman–Crippen MR) is 103 cm³/mol. The third-order valence-corrected chi connectivity index (χ3v) is 3.21. The normalized spacial score (nSPS) is 11.8. The van der Waals surface area contributed by atoms with Crippen molar-refractivity contribution >= 4 is 12.1 Å². The number of ether oxygens (including phenoxy) is 1. The first-order valence-corrected chi connectivity index (χ1v) is 9.03. The van der Waals surface area contributed by atoms with E-state index in [0.717, 1.165) is 12.1 Å². The monoisotopic (exact) mass is 366 g/mol. The number of aliphatic imine (C=N–C) groups is 1. The van der Waals surface area contributed by atoms with Crippen LogP contribution in [0.2, 0.25) is 0 Å². The van der Waals surface area contributed by atoms with Gasteiger partial charge in [-0.05, 0) is 58.2 Å². The minimum absolute atomic E-state index is 0.222. The number of hydrogen-bond acceptors (Lipinski definition) is 3. The number of rotatable bonds is 8. The Morgan fingerprint density at radius 2 is 1.96 bits per heavy atom. The van der Waals surface area contributed by atoms with Crippen molar-refractivity contribution < 1.29 is 13.9 Å². The maximum absolute atomic E-state index is 13.2. The molecular formula is C19H31FN4O2. The molecule has 0 aliphatic heterocycles. The standard InChI is InChI=1S/C19H31FN4O2/c1-5-21-17(23-13-10-15-8-6-9-16(20)14-15)22-11-7-12-24-18(25)26-19(2,3)4/h6,8-9,14H,5,7,10-13H2,1-4H3,(H,24,25)(H2,21,22,23). The lowest BCUT2D eigenvalue weighted by Crippen LogP contribution is -2.38. The number of guanidine groups is 1. The average Bonchev–Trinajstić information content (AvgIpc) is 2.53. The van der Waals surface area contributed by atoms with Crippen LogP contribution < -0.4 is 16.0 Å². The summed E-state index contributed by atoms with van der Waals surface area (Å²) in [5.74, 6) is 0.488. The molecule has 0 heterocycles. The lowest BCUT2D eigenvalue weighted by molar-refractivity contribution is 0.0527. The van der Waals surface area contributed by atoms with E-state index in [1.807, 2.05) is 33.8 Å². The van der Waals surface area contributed by atoms with E-state index < -0.39 is 11.7 Å². The van der Waals surface area contributed by atoms with Gasteiger partial charge < -0.3 is 20.7 Å². The molecule has 1 aromatic rings. The molecule has 1 amide bonds. The summed E-state index contributed by atoms with van der Waals surface area (Å²) in [6.45, 7) is 9.96. The van der Waals surface area contributed by atoms with Crippen LogP contribution in [-0.4, -0.2) is 43.8 Å². The molecule has 26 heavy (non-hydrogen) atoms. The van der Waals surface area contributed by atoms with Crippen molar-refractivity contribution in [1.82, 2.24) is 16.0 Å². The Bertz CT molecular complexity index is 585. The van der Waals surface area contributed by atoms with Gasteiger partial charge in [-0.1, -0.05) is 12.1 Å². The van der Waals surface area contributed by atoms with Crippen molar-refractivity contribution in [3.05, 3.63) is 35.6 Å². The molecule has 6 nitrogen and oxygen atoms in total. The number of nitrogens with one attached hydrogen (secondary N) is 3. The van der Waals surface area contributed by atoms with Crippen molar-refractivity contribution in [3.8, 4) is 0 Å². The Hall–Kier alpha value is -2.31. The molecule has 0 aliphatic rings. The van der Waals surface area contributed by atoms with E-state index in [4.69, 9.17) is 4.74 Å². The second-order valence-corrected chi connectivity index (χ2v) is 6.85. The maximum Gasteiger partial charge on any atom is 0.407 e. The van der Waals surface area contributed by atoms with Crippen LogP contribution in [0.15, 0.2) is 29.3 Å². The summed E-state index contributed by atoms with van der Waals surface area (Å²) in [7, 11) is 0. The van der Waals surface area contributed by atoms with Crippen molar-refractivity contribution in [2.75, 3.05) is 26.2 Å². The quantitative estimate of drug-likeness (QED) is 0.376. The molecule has 146 valence electrons. The minimum atomic E-state index is -0.494. The highest BCUT2D eigenvalue weighted by molar-refractivity contribution is 5.79. The Balaban J connectivity index is 2.29. The third-order valence-electron chi connectivity index (χ3n) is 3.21. The second kappa shape index (κ2) is 11.3. The first kappa shape index (κ1) is 21.7.